The summed E-state index contributed by atoms with van der Waals surface area (Å²) < 4.78 is 0. The SMILES string of the molecule is O=C(c1csc(-c2ccccc2)n1)N1CCN(C(=O)C2CC2)CC1. The number of piperazine rings is 1. The number of thiazole rings is 1. The van der Waals surface area contributed by atoms with Crippen LogP contribution in [0.1, 0.15) is 23.3 Å². The van der Waals surface area contributed by atoms with Crippen molar-refractivity contribution in [2.45, 2.75) is 12.8 Å². The number of amides is 2. The Kier molecular flexibility index (Phi) is 4.06. The van der Waals surface area contributed by atoms with Crippen molar-refractivity contribution in [3.8, 4) is 10.6 Å². The molecule has 124 valence electrons. The van der Waals surface area contributed by atoms with Gasteiger partial charge in [-0.25, -0.2) is 4.98 Å². The molecule has 24 heavy (non-hydrogen) atoms. The number of hydrogen-bond acceptors (Lipinski definition) is 4. The second-order valence-corrected chi connectivity index (χ2v) is 7.15. The summed E-state index contributed by atoms with van der Waals surface area (Å²) in [6.07, 6.45) is 2.05. The number of nitrogens with zero attached hydrogens (tertiary/aromatic N) is 3. The van der Waals surface area contributed by atoms with E-state index in [9.17, 15) is 9.59 Å². The monoisotopic (exact) mass is 341 g/mol. The molecule has 1 saturated heterocycles. The Labute approximate surface area is 144 Å². The van der Waals surface area contributed by atoms with Crippen LogP contribution in [-0.4, -0.2) is 52.8 Å². The topological polar surface area (TPSA) is 53.5 Å². The minimum atomic E-state index is -0.0352. The first-order chi connectivity index (χ1) is 11.7. The molecule has 5 nitrogen and oxygen atoms in total. The fourth-order valence-electron chi connectivity index (χ4n) is 2.97. The molecule has 0 atom stereocenters. The molecule has 1 aromatic carbocycles. The predicted molar refractivity (Wildman–Crippen MR) is 92.8 cm³/mol. The summed E-state index contributed by atoms with van der Waals surface area (Å²) in [6, 6.07) is 9.89. The van der Waals surface area contributed by atoms with Gasteiger partial charge in [0.1, 0.15) is 10.7 Å². The van der Waals surface area contributed by atoms with E-state index in [1.165, 1.54) is 11.3 Å². The Morgan fingerprint density at radius 3 is 2.33 bits per heavy atom. The zero-order valence-corrected chi connectivity index (χ0v) is 14.2. The van der Waals surface area contributed by atoms with Crippen LogP contribution in [0.4, 0.5) is 0 Å². The summed E-state index contributed by atoms with van der Waals surface area (Å²) in [5.74, 6) is 0.480. The Balaban J connectivity index is 1.40. The molecule has 1 saturated carbocycles. The van der Waals surface area contributed by atoms with Crippen molar-refractivity contribution in [3.05, 3.63) is 41.4 Å². The molecule has 0 N–H and O–H groups in total. The van der Waals surface area contributed by atoms with Crippen LogP contribution in [0.5, 0.6) is 0 Å². The van der Waals surface area contributed by atoms with Crippen LogP contribution in [-0.2, 0) is 4.79 Å². The van der Waals surface area contributed by atoms with Crippen molar-refractivity contribution in [2.75, 3.05) is 26.2 Å². The molecular weight excluding hydrogens is 322 g/mol. The van der Waals surface area contributed by atoms with E-state index >= 15 is 0 Å². The van der Waals surface area contributed by atoms with Crippen LogP contribution in [0.15, 0.2) is 35.7 Å². The number of aromatic nitrogens is 1. The van der Waals surface area contributed by atoms with Gasteiger partial charge in [0.15, 0.2) is 0 Å². The summed E-state index contributed by atoms with van der Waals surface area (Å²) in [5, 5.41) is 2.69. The highest BCUT2D eigenvalue weighted by atomic mass is 32.1. The van der Waals surface area contributed by atoms with E-state index in [-0.39, 0.29) is 17.7 Å². The van der Waals surface area contributed by atoms with Gasteiger partial charge < -0.3 is 9.80 Å². The van der Waals surface area contributed by atoms with Crippen molar-refractivity contribution < 1.29 is 9.59 Å². The van der Waals surface area contributed by atoms with Crippen molar-refractivity contribution in [1.82, 2.24) is 14.8 Å². The zero-order valence-electron chi connectivity index (χ0n) is 13.4. The van der Waals surface area contributed by atoms with Gasteiger partial charge in [-0.1, -0.05) is 30.3 Å². The molecule has 1 aliphatic heterocycles. The Morgan fingerprint density at radius 2 is 1.67 bits per heavy atom. The van der Waals surface area contributed by atoms with Crippen LogP contribution in [0.2, 0.25) is 0 Å². The normalized spacial score (nSPS) is 17.8. The van der Waals surface area contributed by atoms with Gasteiger partial charge in [0.25, 0.3) is 5.91 Å². The van der Waals surface area contributed by atoms with E-state index in [1.807, 2.05) is 40.6 Å². The molecule has 0 unspecified atom stereocenters. The Hall–Kier alpha value is -2.21. The van der Waals surface area contributed by atoms with Gasteiger partial charge in [-0.15, -0.1) is 11.3 Å². The molecule has 4 rings (SSSR count). The molecule has 0 radical (unpaired) electrons. The van der Waals surface area contributed by atoms with E-state index in [1.54, 1.807) is 4.90 Å². The second kappa shape index (κ2) is 6.36. The highest BCUT2D eigenvalue weighted by molar-refractivity contribution is 7.13. The van der Waals surface area contributed by atoms with Crippen molar-refractivity contribution in [3.63, 3.8) is 0 Å². The highest BCUT2D eigenvalue weighted by Crippen LogP contribution is 2.31. The van der Waals surface area contributed by atoms with Gasteiger partial charge in [0.2, 0.25) is 5.91 Å². The quantitative estimate of drug-likeness (QED) is 0.862. The molecule has 0 bridgehead atoms. The summed E-state index contributed by atoms with van der Waals surface area (Å²) in [5.41, 5.74) is 1.53. The molecule has 0 spiro atoms. The van der Waals surface area contributed by atoms with Crippen LogP contribution < -0.4 is 0 Å². The first kappa shape index (κ1) is 15.3. The third-order valence-corrected chi connectivity index (χ3v) is 5.44. The molecule has 2 fully saturated rings. The number of rotatable bonds is 3. The lowest BCUT2D eigenvalue weighted by Crippen LogP contribution is -2.51. The predicted octanol–water partition coefficient (Wildman–Crippen LogP) is 2.50. The zero-order chi connectivity index (χ0) is 16.5. The molecule has 2 aliphatic rings. The number of carbonyl (C=O) groups excluding carboxylic acids is 2. The number of hydrogen-bond donors (Lipinski definition) is 0. The molecule has 1 aromatic heterocycles. The summed E-state index contributed by atoms with van der Waals surface area (Å²) in [6.45, 7) is 2.46. The fraction of sp³-hybridized carbons (Fsp3) is 0.389. The fourth-order valence-corrected chi connectivity index (χ4v) is 3.77. The van der Waals surface area contributed by atoms with Crippen LogP contribution in [0.3, 0.4) is 0 Å². The van der Waals surface area contributed by atoms with Crippen molar-refractivity contribution in [2.24, 2.45) is 5.92 Å². The molecule has 6 heteroatoms. The van der Waals surface area contributed by atoms with Gasteiger partial charge in [0.05, 0.1) is 0 Å². The van der Waals surface area contributed by atoms with Crippen LogP contribution in [0.25, 0.3) is 10.6 Å². The highest BCUT2D eigenvalue weighted by Gasteiger charge is 2.35. The van der Waals surface area contributed by atoms with Crippen LogP contribution in [0, 0.1) is 5.92 Å². The molecule has 1 aliphatic carbocycles. The number of carbonyl (C=O) groups is 2. The van der Waals surface area contributed by atoms with Gasteiger partial charge in [-0.3, -0.25) is 9.59 Å². The summed E-state index contributed by atoms with van der Waals surface area (Å²) in [7, 11) is 0. The smallest absolute Gasteiger partial charge is 0.273 e. The number of benzene rings is 1. The van der Waals surface area contributed by atoms with E-state index in [0.29, 0.717) is 31.9 Å². The van der Waals surface area contributed by atoms with Crippen LogP contribution >= 0.6 is 11.3 Å². The van der Waals surface area contributed by atoms with E-state index in [0.717, 1.165) is 23.4 Å². The average Bonchev–Trinajstić information content (AvgIpc) is 3.38. The minimum absolute atomic E-state index is 0.0352. The largest absolute Gasteiger partial charge is 0.339 e. The third kappa shape index (κ3) is 3.06. The lowest BCUT2D eigenvalue weighted by molar-refractivity contribution is -0.134. The van der Waals surface area contributed by atoms with E-state index < -0.39 is 0 Å². The van der Waals surface area contributed by atoms with Gasteiger partial charge in [-0.05, 0) is 12.8 Å². The summed E-state index contributed by atoms with van der Waals surface area (Å²) >= 11 is 1.49. The average molecular weight is 341 g/mol. The Bertz CT molecular complexity index is 747. The maximum Gasteiger partial charge on any atom is 0.273 e. The Morgan fingerprint density at radius 1 is 1.00 bits per heavy atom. The minimum Gasteiger partial charge on any atom is -0.339 e. The van der Waals surface area contributed by atoms with Gasteiger partial charge >= 0.3 is 0 Å². The first-order valence-corrected chi connectivity index (χ1v) is 9.19. The van der Waals surface area contributed by atoms with Gasteiger partial charge in [-0.2, -0.15) is 0 Å². The lowest BCUT2D eigenvalue weighted by atomic mass is 10.2. The third-order valence-electron chi connectivity index (χ3n) is 4.55. The van der Waals surface area contributed by atoms with Crippen molar-refractivity contribution in [1.29, 1.82) is 0 Å². The van der Waals surface area contributed by atoms with E-state index in [4.69, 9.17) is 0 Å². The second-order valence-electron chi connectivity index (χ2n) is 6.30. The molecule has 2 amide bonds. The van der Waals surface area contributed by atoms with Crippen molar-refractivity contribution >= 4 is 23.2 Å². The molecule has 2 heterocycles. The van der Waals surface area contributed by atoms with Gasteiger partial charge in [0, 0.05) is 43.0 Å². The van der Waals surface area contributed by atoms with E-state index in [2.05, 4.69) is 4.98 Å². The molecular formula is C18H19N3O2S. The standard InChI is InChI=1S/C18H19N3O2S/c22-17(14-6-7-14)20-8-10-21(11-9-20)18(23)15-12-24-16(19-15)13-4-2-1-3-5-13/h1-5,12,14H,6-11H2. The first-order valence-electron chi connectivity index (χ1n) is 8.31. The maximum atomic E-state index is 12.6. The lowest BCUT2D eigenvalue weighted by Gasteiger charge is -2.34. The maximum absolute atomic E-state index is 12.6. The summed E-state index contributed by atoms with van der Waals surface area (Å²) in [4.78, 5) is 32.9. The molecule has 2 aromatic rings.